The Hall–Kier alpha value is -1.55. The van der Waals surface area contributed by atoms with Crippen molar-refractivity contribution in [2.75, 3.05) is 18.4 Å². The highest BCUT2D eigenvalue weighted by Gasteiger charge is 2.33. The Morgan fingerprint density at radius 2 is 1.78 bits per heavy atom. The Kier molecular flexibility index (Phi) is 5.19. The normalized spacial score (nSPS) is 19.1. The Morgan fingerprint density at radius 3 is 2.41 bits per heavy atom. The number of sulfonamides is 1. The lowest BCUT2D eigenvalue weighted by molar-refractivity contribution is -0.120. The second-order valence-corrected chi connectivity index (χ2v) is 10.2. The van der Waals surface area contributed by atoms with Crippen LogP contribution in [0.25, 0.3) is 0 Å². The van der Waals surface area contributed by atoms with E-state index in [0.717, 1.165) is 17.8 Å². The number of nitrogens with one attached hydrogen (secondary N) is 1. The molecule has 2 heterocycles. The van der Waals surface area contributed by atoms with E-state index in [-0.39, 0.29) is 16.7 Å². The van der Waals surface area contributed by atoms with Crippen molar-refractivity contribution in [3.8, 4) is 0 Å². The van der Waals surface area contributed by atoms with Crippen molar-refractivity contribution in [1.29, 1.82) is 0 Å². The zero-order chi connectivity index (χ0) is 19.0. The van der Waals surface area contributed by atoms with Gasteiger partial charge in [-0.25, -0.2) is 8.42 Å². The van der Waals surface area contributed by atoms with E-state index in [1.807, 2.05) is 0 Å². The van der Waals surface area contributed by atoms with Gasteiger partial charge in [0.15, 0.2) is 0 Å². The van der Waals surface area contributed by atoms with E-state index in [1.165, 1.54) is 27.8 Å². The molecule has 0 unspecified atom stereocenters. The third-order valence-corrected chi connectivity index (χ3v) is 8.04. The number of hydrogen-bond donors (Lipinski definition) is 1. The Balaban J connectivity index is 1.34. The molecule has 1 aromatic heterocycles. The molecule has 1 amide bonds. The molecule has 1 aliphatic carbocycles. The Morgan fingerprint density at radius 1 is 1.11 bits per heavy atom. The molecule has 2 fully saturated rings. The van der Waals surface area contributed by atoms with E-state index in [1.54, 1.807) is 12.1 Å². The van der Waals surface area contributed by atoms with Crippen LogP contribution < -0.4 is 5.32 Å². The number of halogens is 1. The molecule has 10 heteroatoms. The molecule has 0 bridgehead atoms. The number of hydrogen-bond acceptors (Lipinski definition) is 6. The molecule has 1 saturated carbocycles. The highest BCUT2D eigenvalue weighted by atomic mass is 35.5. The first-order valence-electron chi connectivity index (χ1n) is 8.83. The summed E-state index contributed by atoms with van der Waals surface area (Å²) in [4.78, 5) is 12.7. The Bertz CT molecular complexity index is 933. The van der Waals surface area contributed by atoms with Gasteiger partial charge >= 0.3 is 0 Å². The molecule has 2 aromatic rings. The number of rotatable bonds is 5. The van der Waals surface area contributed by atoms with Gasteiger partial charge in [0.25, 0.3) is 0 Å². The number of benzene rings is 1. The first kappa shape index (κ1) is 18.8. The standard InChI is InChI=1S/C17H19ClN4O3S2/c18-13-3-5-14(6-4-13)27(24,25)22-9-7-11(8-10-22)15(23)19-17-21-20-16(26-17)12-1-2-12/h3-6,11-12H,1-2,7-10H2,(H,19,21,23). The number of carbonyl (C=O) groups excluding carboxylic acids is 1. The second-order valence-electron chi connectivity index (χ2n) is 6.84. The highest BCUT2D eigenvalue weighted by molar-refractivity contribution is 7.89. The van der Waals surface area contributed by atoms with Crippen molar-refractivity contribution in [2.45, 2.75) is 36.5 Å². The summed E-state index contributed by atoms with van der Waals surface area (Å²) in [7, 11) is -3.56. The van der Waals surface area contributed by atoms with Gasteiger partial charge in [0, 0.05) is 29.9 Å². The van der Waals surface area contributed by atoms with Crippen LogP contribution in [0.5, 0.6) is 0 Å². The van der Waals surface area contributed by atoms with Gasteiger partial charge in [-0.1, -0.05) is 22.9 Å². The predicted molar refractivity (Wildman–Crippen MR) is 103 cm³/mol. The molecular weight excluding hydrogens is 408 g/mol. The maximum Gasteiger partial charge on any atom is 0.243 e. The molecule has 2 aliphatic rings. The van der Waals surface area contributed by atoms with Crippen LogP contribution in [0.3, 0.4) is 0 Å². The third-order valence-electron chi connectivity index (χ3n) is 4.87. The van der Waals surface area contributed by atoms with Crippen LogP contribution in [-0.4, -0.2) is 41.9 Å². The maximum atomic E-state index is 12.7. The van der Waals surface area contributed by atoms with Crippen LogP contribution >= 0.6 is 22.9 Å². The summed E-state index contributed by atoms with van der Waals surface area (Å²) in [6.07, 6.45) is 3.24. The molecule has 1 aliphatic heterocycles. The van der Waals surface area contributed by atoms with Crippen molar-refractivity contribution in [3.05, 3.63) is 34.3 Å². The monoisotopic (exact) mass is 426 g/mol. The number of carbonyl (C=O) groups is 1. The summed E-state index contributed by atoms with van der Waals surface area (Å²) < 4.78 is 26.8. The first-order valence-corrected chi connectivity index (χ1v) is 11.5. The second kappa shape index (κ2) is 7.46. The maximum absolute atomic E-state index is 12.7. The molecule has 7 nitrogen and oxygen atoms in total. The molecule has 27 heavy (non-hydrogen) atoms. The molecule has 1 saturated heterocycles. The highest BCUT2D eigenvalue weighted by Crippen LogP contribution is 2.42. The average molecular weight is 427 g/mol. The van der Waals surface area contributed by atoms with E-state index < -0.39 is 10.0 Å². The molecule has 0 atom stereocenters. The van der Waals surface area contributed by atoms with Crippen molar-refractivity contribution in [3.63, 3.8) is 0 Å². The Labute approximate surface area is 166 Å². The minimum atomic E-state index is -3.56. The smallest absolute Gasteiger partial charge is 0.243 e. The van der Waals surface area contributed by atoms with Crippen LogP contribution in [0.15, 0.2) is 29.2 Å². The average Bonchev–Trinajstić information content (AvgIpc) is 3.42. The lowest BCUT2D eigenvalue weighted by atomic mass is 9.97. The summed E-state index contributed by atoms with van der Waals surface area (Å²) in [6.45, 7) is 0.624. The van der Waals surface area contributed by atoms with Gasteiger partial charge in [-0.3, -0.25) is 4.79 Å². The minimum Gasteiger partial charge on any atom is -0.300 e. The van der Waals surface area contributed by atoms with Crippen molar-refractivity contribution >= 4 is 44.0 Å². The summed E-state index contributed by atoms with van der Waals surface area (Å²) in [5.41, 5.74) is 0. The SMILES string of the molecule is O=C(Nc1nnc(C2CC2)s1)C1CCN(S(=O)(=O)c2ccc(Cl)cc2)CC1. The van der Waals surface area contributed by atoms with Crippen LogP contribution in [0.1, 0.15) is 36.6 Å². The van der Waals surface area contributed by atoms with E-state index in [4.69, 9.17) is 11.6 Å². The summed E-state index contributed by atoms with van der Waals surface area (Å²) in [5, 5.41) is 13.0. The zero-order valence-corrected chi connectivity index (χ0v) is 16.9. The fraction of sp³-hybridized carbons (Fsp3) is 0.471. The minimum absolute atomic E-state index is 0.114. The number of nitrogens with zero attached hydrogens (tertiary/aromatic N) is 3. The van der Waals surface area contributed by atoms with Crippen LogP contribution in [0.2, 0.25) is 5.02 Å². The third kappa shape index (κ3) is 4.16. The number of piperidine rings is 1. The zero-order valence-electron chi connectivity index (χ0n) is 14.5. The molecule has 144 valence electrons. The van der Waals surface area contributed by atoms with Crippen LogP contribution in [0, 0.1) is 5.92 Å². The molecule has 4 rings (SSSR count). The van der Waals surface area contributed by atoms with E-state index in [2.05, 4.69) is 15.5 Å². The lowest BCUT2D eigenvalue weighted by Crippen LogP contribution is -2.41. The van der Waals surface area contributed by atoms with E-state index in [9.17, 15) is 13.2 Å². The number of aromatic nitrogens is 2. The van der Waals surface area contributed by atoms with Crippen LogP contribution in [0.4, 0.5) is 5.13 Å². The van der Waals surface area contributed by atoms with Crippen molar-refractivity contribution in [2.24, 2.45) is 5.92 Å². The molecule has 1 N–H and O–H groups in total. The molecule has 0 spiro atoms. The van der Waals surface area contributed by atoms with E-state index in [0.29, 0.717) is 42.0 Å². The van der Waals surface area contributed by atoms with Crippen LogP contribution in [-0.2, 0) is 14.8 Å². The van der Waals surface area contributed by atoms with Gasteiger partial charge in [-0.15, -0.1) is 10.2 Å². The van der Waals surface area contributed by atoms with Gasteiger partial charge in [-0.2, -0.15) is 4.31 Å². The van der Waals surface area contributed by atoms with Gasteiger partial charge < -0.3 is 5.32 Å². The quantitative estimate of drug-likeness (QED) is 0.792. The topological polar surface area (TPSA) is 92.3 Å². The summed E-state index contributed by atoms with van der Waals surface area (Å²) >= 11 is 7.26. The molecule has 1 aromatic carbocycles. The van der Waals surface area contributed by atoms with Gasteiger partial charge in [0.2, 0.25) is 21.1 Å². The first-order chi connectivity index (χ1) is 12.9. The summed E-state index contributed by atoms with van der Waals surface area (Å²) in [6, 6.07) is 6.13. The van der Waals surface area contributed by atoms with Gasteiger partial charge in [0.1, 0.15) is 5.01 Å². The van der Waals surface area contributed by atoms with Gasteiger partial charge in [0.05, 0.1) is 4.90 Å². The number of anilines is 1. The van der Waals surface area contributed by atoms with Crippen molar-refractivity contribution < 1.29 is 13.2 Å². The van der Waals surface area contributed by atoms with Crippen molar-refractivity contribution in [1.82, 2.24) is 14.5 Å². The molecular formula is C17H19ClN4O3S2. The molecule has 0 radical (unpaired) electrons. The fourth-order valence-corrected chi connectivity index (χ4v) is 5.61. The predicted octanol–water partition coefficient (Wildman–Crippen LogP) is 3.11. The lowest BCUT2D eigenvalue weighted by Gasteiger charge is -2.30. The largest absolute Gasteiger partial charge is 0.300 e. The summed E-state index contributed by atoms with van der Waals surface area (Å²) in [5.74, 6) is 0.168. The van der Waals surface area contributed by atoms with E-state index >= 15 is 0 Å². The fourth-order valence-electron chi connectivity index (χ4n) is 3.10. The number of amides is 1. The van der Waals surface area contributed by atoms with Gasteiger partial charge in [-0.05, 0) is 49.9 Å².